The normalized spacial score (nSPS) is 16.1. The highest BCUT2D eigenvalue weighted by molar-refractivity contribution is 8.03. The summed E-state index contributed by atoms with van der Waals surface area (Å²) in [5, 5.41) is 0. The molecule has 0 saturated carbocycles. The Morgan fingerprint density at radius 2 is 1.26 bits per heavy atom. The number of thioether (sulfide) groups is 1. The predicted octanol–water partition coefficient (Wildman–Crippen LogP) is 7.60. The van der Waals surface area contributed by atoms with Crippen LogP contribution in [0.25, 0.3) is 5.70 Å². The largest absolute Gasteiger partial charge is 0.264 e. The monoisotopic (exact) mass is 497 g/mol. The molecule has 176 valence electrons. The minimum Gasteiger partial charge on any atom is -0.257 e. The number of hydrogen-bond donors (Lipinski definition) is 0. The van der Waals surface area contributed by atoms with E-state index in [1.54, 1.807) is 28.2 Å². The van der Waals surface area contributed by atoms with E-state index in [-0.39, 0.29) is 6.04 Å². The summed E-state index contributed by atoms with van der Waals surface area (Å²) in [7, 11) is -3.82. The summed E-state index contributed by atoms with van der Waals surface area (Å²) >= 11 is 1.65. The Bertz CT molecular complexity index is 1440. The van der Waals surface area contributed by atoms with Gasteiger partial charge in [-0.15, -0.1) is 0 Å². The number of aryl methyl sites for hydroxylation is 2. The van der Waals surface area contributed by atoms with Crippen LogP contribution in [0.3, 0.4) is 0 Å². The van der Waals surface area contributed by atoms with Crippen molar-refractivity contribution in [1.29, 1.82) is 0 Å². The SMILES string of the molecule is Cc1ccc(SC2=C(c3ccccc3)N(S(=O)(=O)c3ccc(C)cc3)[C@@H](c3ccccc3)C2)cc1. The molecule has 0 amide bonds. The average molecular weight is 498 g/mol. The second-order valence-electron chi connectivity index (χ2n) is 8.80. The molecule has 5 rings (SSSR count). The summed E-state index contributed by atoms with van der Waals surface area (Å²) < 4.78 is 30.1. The summed E-state index contributed by atoms with van der Waals surface area (Å²) in [6, 6.07) is 35.0. The van der Waals surface area contributed by atoms with Crippen molar-refractivity contribution in [3.05, 3.63) is 136 Å². The van der Waals surface area contributed by atoms with Gasteiger partial charge in [-0.25, -0.2) is 8.42 Å². The first-order chi connectivity index (χ1) is 16.9. The summed E-state index contributed by atoms with van der Waals surface area (Å²) in [6.07, 6.45) is 0.609. The van der Waals surface area contributed by atoms with E-state index in [1.165, 1.54) is 5.56 Å². The highest BCUT2D eigenvalue weighted by atomic mass is 32.2. The zero-order valence-electron chi connectivity index (χ0n) is 19.8. The van der Waals surface area contributed by atoms with Gasteiger partial charge >= 0.3 is 0 Å². The van der Waals surface area contributed by atoms with E-state index < -0.39 is 10.0 Å². The molecule has 35 heavy (non-hydrogen) atoms. The maximum atomic E-state index is 14.2. The first-order valence-electron chi connectivity index (χ1n) is 11.6. The van der Waals surface area contributed by atoms with Crippen molar-refractivity contribution in [2.45, 2.75) is 36.1 Å². The van der Waals surface area contributed by atoms with Crippen LogP contribution in [0.2, 0.25) is 0 Å². The topological polar surface area (TPSA) is 37.4 Å². The van der Waals surface area contributed by atoms with Gasteiger partial charge in [0.15, 0.2) is 0 Å². The molecule has 1 heterocycles. The van der Waals surface area contributed by atoms with Crippen molar-refractivity contribution in [1.82, 2.24) is 4.31 Å². The quantitative estimate of drug-likeness (QED) is 0.275. The van der Waals surface area contributed by atoms with Gasteiger partial charge in [0.25, 0.3) is 10.0 Å². The van der Waals surface area contributed by atoms with Crippen molar-refractivity contribution in [2.75, 3.05) is 0 Å². The third-order valence-electron chi connectivity index (χ3n) is 6.22. The fraction of sp³-hybridized carbons (Fsp3) is 0.133. The van der Waals surface area contributed by atoms with Gasteiger partial charge in [-0.1, -0.05) is 108 Å². The van der Waals surface area contributed by atoms with Crippen LogP contribution in [0.4, 0.5) is 0 Å². The zero-order valence-corrected chi connectivity index (χ0v) is 21.4. The third kappa shape index (κ3) is 4.79. The molecule has 3 nitrogen and oxygen atoms in total. The number of rotatable bonds is 6. The molecule has 0 N–H and O–H groups in total. The number of benzene rings is 4. The van der Waals surface area contributed by atoms with E-state index in [2.05, 4.69) is 31.2 Å². The molecule has 0 fully saturated rings. The summed E-state index contributed by atoms with van der Waals surface area (Å²) in [5.74, 6) is 0. The summed E-state index contributed by atoms with van der Waals surface area (Å²) in [6.45, 7) is 4.03. The van der Waals surface area contributed by atoms with Gasteiger partial charge in [0.05, 0.1) is 16.6 Å². The lowest BCUT2D eigenvalue weighted by atomic mass is 10.1. The van der Waals surface area contributed by atoms with Crippen molar-refractivity contribution in [2.24, 2.45) is 0 Å². The molecule has 0 spiro atoms. The summed E-state index contributed by atoms with van der Waals surface area (Å²) in [4.78, 5) is 2.45. The van der Waals surface area contributed by atoms with E-state index in [9.17, 15) is 8.42 Å². The van der Waals surface area contributed by atoms with E-state index >= 15 is 0 Å². The molecule has 1 atom stereocenters. The van der Waals surface area contributed by atoms with Gasteiger partial charge in [-0.3, -0.25) is 4.31 Å². The molecule has 4 aromatic rings. The molecular formula is C30H27NO2S2. The van der Waals surface area contributed by atoms with Gasteiger partial charge in [-0.2, -0.15) is 0 Å². The van der Waals surface area contributed by atoms with Crippen molar-refractivity contribution >= 4 is 27.5 Å². The lowest BCUT2D eigenvalue weighted by Gasteiger charge is -2.29. The Kier molecular flexibility index (Phi) is 6.54. The fourth-order valence-electron chi connectivity index (χ4n) is 4.40. The highest BCUT2D eigenvalue weighted by Gasteiger charge is 2.42. The second kappa shape index (κ2) is 9.76. The molecule has 0 radical (unpaired) electrons. The fourth-order valence-corrected chi connectivity index (χ4v) is 7.26. The Morgan fingerprint density at radius 3 is 1.86 bits per heavy atom. The van der Waals surface area contributed by atoms with Crippen LogP contribution in [0.1, 0.15) is 34.7 Å². The molecule has 5 heteroatoms. The molecule has 4 aromatic carbocycles. The maximum Gasteiger partial charge on any atom is 0.264 e. The Balaban J connectivity index is 1.70. The molecule has 0 aliphatic carbocycles. The molecule has 1 aliphatic rings. The van der Waals surface area contributed by atoms with Gasteiger partial charge in [0.1, 0.15) is 0 Å². The average Bonchev–Trinajstić information content (AvgIpc) is 3.27. The van der Waals surface area contributed by atoms with Crippen molar-refractivity contribution in [3.63, 3.8) is 0 Å². The van der Waals surface area contributed by atoms with E-state index in [4.69, 9.17) is 0 Å². The Hall–Kier alpha value is -3.28. The van der Waals surface area contributed by atoms with Crippen molar-refractivity contribution < 1.29 is 8.42 Å². The van der Waals surface area contributed by atoms with Crippen LogP contribution in [-0.2, 0) is 10.0 Å². The number of hydrogen-bond acceptors (Lipinski definition) is 3. The molecule has 1 aliphatic heterocycles. The molecule has 0 unspecified atom stereocenters. The van der Waals surface area contributed by atoms with Crippen LogP contribution < -0.4 is 0 Å². The number of nitrogens with zero attached hydrogens (tertiary/aromatic N) is 1. The number of sulfonamides is 1. The lowest BCUT2D eigenvalue weighted by Crippen LogP contribution is -2.30. The first kappa shape index (κ1) is 23.5. The van der Waals surface area contributed by atoms with E-state index in [0.717, 1.165) is 32.2 Å². The van der Waals surface area contributed by atoms with Crippen LogP contribution >= 0.6 is 11.8 Å². The zero-order chi connectivity index (χ0) is 24.4. The maximum absolute atomic E-state index is 14.2. The third-order valence-corrected chi connectivity index (χ3v) is 9.15. The summed E-state index contributed by atoms with van der Waals surface area (Å²) in [5.41, 5.74) is 4.86. The Labute approximate surface area is 212 Å². The lowest BCUT2D eigenvalue weighted by molar-refractivity contribution is 0.445. The molecule has 0 saturated heterocycles. The minimum atomic E-state index is -3.82. The molecular weight excluding hydrogens is 470 g/mol. The van der Waals surface area contributed by atoms with Gasteiger partial charge in [0.2, 0.25) is 0 Å². The van der Waals surface area contributed by atoms with Crippen LogP contribution in [-0.4, -0.2) is 12.7 Å². The molecule has 0 bridgehead atoms. The van der Waals surface area contributed by atoms with Gasteiger partial charge in [0, 0.05) is 16.2 Å². The van der Waals surface area contributed by atoms with E-state index in [1.807, 2.05) is 79.7 Å². The van der Waals surface area contributed by atoms with Gasteiger partial charge in [-0.05, 0) is 49.2 Å². The van der Waals surface area contributed by atoms with Crippen LogP contribution in [0, 0.1) is 13.8 Å². The van der Waals surface area contributed by atoms with Crippen LogP contribution in [0.5, 0.6) is 0 Å². The van der Waals surface area contributed by atoms with E-state index in [0.29, 0.717) is 11.3 Å². The standard InChI is InChI=1S/C30H27NO2S2/c1-22-13-17-26(18-14-22)34-29-21-28(24-9-5-3-6-10-24)31(30(29)25-11-7-4-8-12-25)35(32,33)27-19-15-23(2)16-20-27/h3-20,28H,21H2,1-2H3/t28-/m1/s1. The smallest absolute Gasteiger partial charge is 0.257 e. The minimum absolute atomic E-state index is 0.305. The van der Waals surface area contributed by atoms with Gasteiger partial charge < -0.3 is 0 Å². The highest BCUT2D eigenvalue weighted by Crippen LogP contribution is 2.51. The molecule has 0 aromatic heterocycles. The van der Waals surface area contributed by atoms with Crippen molar-refractivity contribution in [3.8, 4) is 0 Å². The second-order valence-corrected chi connectivity index (χ2v) is 11.8. The first-order valence-corrected chi connectivity index (χ1v) is 13.9. The predicted molar refractivity (Wildman–Crippen MR) is 144 cm³/mol. The Morgan fingerprint density at radius 1 is 0.714 bits per heavy atom. The van der Waals surface area contributed by atoms with Crippen LogP contribution in [0.15, 0.2) is 124 Å².